The van der Waals surface area contributed by atoms with E-state index in [0.29, 0.717) is 33.9 Å². The predicted octanol–water partition coefficient (Wildman–Crippen LogP) is 4.88. The van der Waals surface area contributed by atoms with Gasteiger partial charge in [0.2, 0.25) is 0 Å². The summed E-state index contributed by atoms with van der Waals surface area (Å²) in [6, 6.07) is 9.69. The number of hydrogen-bond acceptors (Lipinski definition) is 5. The summed E-state index contributed by atoms with van der Waals surface area (Å²) in [4.78, 5) is 16.4. The lowest BCUT2D eigenvalue weighted by atomic mass is 10.1. The molecular formula is C20H17BrFNO4. The van der Waals surface area contributed by atoms with E-state index in [1.165, 1.54) is 12.1 Å². The van der Waals surface area contributed by atoms with Gasteiger partial charge in [0, 0.05) is 0 Å². The van der Waals surface area contributed by atoms with Gasteiger partial charge in [-0.05, 0) is 71.2 Å². The van der Waals surface area contributed by atoms with Crippen molar-refractivity contribution in [2.75, 3.05) is 6.61 Å². The highest BCUT2D eigenvalue weighted by Crippen LogP contribution is 2.38. The monoisotopic (exact) mass is 433 g/mol. The number of nitrogens with zero attached hydrogens (tertiary/aromatic N) is 1. The van der Waals surface area contributed by atoms with E-state index in [4.69, 9.17) is 9.47 Å². The van der Waals surface area contributed by atoms with Crippen molar-refractivity contribution in [3.63, 3.8) is 0 Å². The van der Waals surface area contributed by atoms with Crippen molar-refractivity contribution < 1.29 is 23.5 Å². The minimum Gasteiger partial charge on any atom is -0.490 e. The Kier molecular flexibility index (Phi) is 5.91. The molecule has 1 aliphatic heterocycles. The predicted molar refractivity (Wildman–Crippen MR) is 103 cm³/mol. The van der Waals surface area contributed by atoms with E-state index in [1.54, 1.807) is 31.2 Å². The SMILES string of the molecule is CCOc1cc(/C=C2/C(=O)ON=C2C)cc(Br)c1OCc1ccc(F)cc1. The molecular weight excluding hydrogens is 417 g/mol. The molecule has 2 aromatic rings. The fourth-order valence-electron chi connectivity index (χ4n) is 2.50. The van der Waals surface area contributed by atoms with Crippen LogP contribution in [0.1, 0.15) is 25.0 Å². The average Bonchev–Trinajstić information content (AvgIpc) is 2.95. The highest BCUT2D eigenvalue weighted by atomic mass is 79.9. The quantitative estimate of drug-likeness (QED) is 0.480. The molecule has 7 heteroatoms. The third kappa shape index (κ3) is 4.54. The molecule has 0 unspecified atom stereocenters. The molecule has 0 fully saturated rings. The van der Waals surface area contributed by atoms with Crippen LogP contribution in [0.3, 0.4) is 0 Å². The van der Waals surface area contributed by atoms with Gasteiger partial charge in [-0.2, -0.15) is 0 Å². The molecule has 0 amide bonds. The Balaban J connectivity index is 1.88. The Bertz CT molecular complexity index is 922. The molecule has 3 rings (SSSR count). The number of ether oxygens (including phenoxy) is 2. The molecule has 0 atom stereocenters. The molecule has 0 saturated carbocycles. The number of hydrogen-bond donors (Lipinski definition) is 0. The second-order valence-corrected chi connectivity index (χ2v) is 6.65. The van der Waals surface area contributed by atoms with E-state index in [1.807, 2.05) is 13.0 Å². The second kappa shape index (κ2) is 8.35. The molecule has 0 aromatic heterocycles. The summed E-state index contributed by atoms with van der Waals surface area (Å²) in [7, 11) is 0. The Hall–Kier alpha value is -2.67. The van der Waals surface area contributed by atoms with Gasteiger partial charge in [0.15, 0.2) is 11.5 Å². The number of benzene rings is 2. The Morgan fingerprint density at radius 2 is 1.96 bits per heavy atom. The summed E-state index contributed by atoms with van der Waals surface area (Å²) in [5, 5.41) is 3.67. The molecule has 2 aromatic carbocycles. The van der Waals surface area contributed by atoms with Crippen molar-refractivity contribution in [2.24, 2.45) is 5.16 Å². The van der Waals surface area contributed by atoms with Crippen molar-refractivity contribution in [3.8, 4) is 11.5 Å². The van der Waals surface area contributed by atoms with Crippen LogP contribution in [0.25, 0.3) is 6.08 Å². The topological polar surface area (TPSA) is 57.1 Å². The average molecular weight is 434 g/mol. The number of rotatable bonds is 6. The zero-order valence-electron chi connectivity index (χ0n) is 14.8. The van der Waals surface area contributed by atoms with Crippen molar-refractivity contribution in [2.45, 2.75) is 20.5 Å². The standard InChI is InChI=1S/C20H17BrFNO4/c1-3-25-18-10-14(8-16-12(2)23-27-20(16)24)9-17(21)19(18)26-11-13-4-6-15(22)7-5-13/h4-10H,3,11H2,1-2H3/b16-8+. The second-order valence-electron chi connectivity index (χ2n) is 5.79. The van der Waals surface area contributed by atoms with E-state index in [-0.39, 0.29) is 12.4 Å². The largest absolute Gasteiger partial charge is 0.490 e. The highest BCUT2D eigenvalue weighted by molar-refractivity contribution is 9.10. The lowest BCUT2D eigenvalue weighted by Crippen LogP contribution is -2.03. The van der Waals surface area contributed by atoms with Crippen molar-refractivity contribution in [3.05, 3.63) is 63.4 Å². The van der Waals surface area contributed by atoms with Crippen molar-refractivity contribution >= 4 is 33.7 Å². The summed E-state index contributed by atoms with van der Waals surface area (Å²) in [5.74, 6) is 0.277. The van der Waals surface area contributed by atoms with Gasteiger partial charge >= 0.3 is 5.97 Å². The summed E-state index contributed by atoms with van der Waals surface area (Å²) >= 11 is 3.49. The van der Waals surface area contributed by atoms with Crippen LogP contribution in [0.15, 0.2) is 51.6 Å². The van der Waals surface area contributed by atoms with Gasteiger partial charge in [-0.3, -0.25) is 0 Å². The zero-order chi connectivity index (χ0) is 19.4. The molecule has 0 N–H and O–H groups in total. The summed E-state index contributed by atoms with van der Waals surface area (Å²) in [6.45, 7) is 4.28. The molecule has 1 aliphatic rings. The smallest absolute Gasteiger partial charge is 0.367 e. The third-order valence-electron chi connectivity index (χ3n) is 3.81. The maximum atomic E-state index is 13.0. The van der Waals surface area contributed by atoms with Crippen LogP contribution in [-0.4, -0.2) is 18.3 Å². The molecule has 0 saturated heterocycles. The van der Waals surface area contributed by atoms with Gasteiger partial charge in [-0.1, -0.05) is 17.3 Å². The normalized spacial score (nSPS) is 14.9. The van der Waals surface area contributed by atoms with Crippen LogP contribution < -0.4 is 9.47 Å². The van der Waals surface area contributed by atoms with Gasteiger partial charge in [0.25, 0.3) is 0 Å². The molecule has 1 heterocycles. The first-order valence-electron chi connectivity index (χ1n) is 8.29. The highest BCUT2D eigenvalue weighted by Gasteiger charge is 2.22. The van der Waals surface area contributed by atoms with Gasteiger partial charge in [0.05, 0.1) is 22.4 Å². The fourth-order valence-corrected chi connectivity index (χ4v) is 3.07. The molecule has 0 aliphatic carbocycles. The summed E-state index contributed by atoms with van der Waals surface area (Å²) in [5.41, 5.74) is 2.48. The summed E-state index contributed by atoms with van der Waals surface area (Å²) < 4.78 is 25.3. The van der Waals surface area contributed by atoms with E-state index >= 15 is 0 Å². The minimum absolute atomic E-state index is 0.261. The lowest BCUT2D eigenvalue weighted by Gasteiger charge is -2.15. The minimum atomic E-state index is -0.488. The van der Waals surface area contributed by atoms with Gasteiger partial charge in [-0.15, -0.1) is 0 Å². The summed E-state index contributed by atoms with van der Waals surface area (Å²) in [6.07, 6.45) is 1.69. The lowest BCUT2D eigenvalue weighted by molar-refractivity contribution is -0.136. The van der Waals surface area contributed by atoms with Crippen LogP contribution in [0.5, 0.6) is 11.5 Å². The van der Waals surface area contributed by atoms with Crippen molar-refractivity contribution in [1.29, 1.82) is 0 Å². The molecule has 5 nitrogen and oxygen atoms in total. The van der Waals surface area contributed by atoms with Gasteiger partial charge in [-0.25, -0.2) is 9.18 Å². The van der Waals surface area contributed by atoms with Gasteiger partial charge < -0.3 is 14.3 Å². The molecule has 140 valence electrons. The van der Waals surface area contributed by atoms with Crippen LogP contribution in [0.4, 0.5) is 4.39 Å². The third-order valence-corrected chi connectivity index (χ3v) is 4.40. The van der Waals surface area contributed by atoms with Crippen LogP contribution in [0, 0.1) is 5.82 Å². The maximum absolute atomic E-state index is 13.0. The Morgan fingerprint density at radius 3 is 2.59 bits per heavy atom. The van der Waals surface area contributed by atoms with E-state index in [2.05, 4.69) is 25.9 Å². The molecule has 0 spiro atoms. The number of carbonyl (C=O) groups excluding carboxylic acids is 1. The first-order chi connectivity index (χ1) is 13.0. The maximum Gasteiger partial charge on any atom is 0.367 e. The molecule has 27 heavy (non-hydrogen) atoms. The van der Waals surface area contributed by atoms with Crippen LogP contribution in [-0.2, 0) is 16.2 Å². The first kappa shape index (κ1) is 19.1. The Morgan fingerprint density at radius 1 is 1.22 bits per heavy atom. The van der Waals surface area contributed by atoms with Crippen LogP contribution in [0.2, 0.25) is 0 Å². The number of carbonyl (C=O) groups is 1. The number of halogens is 2. The van der Waals surface area contributed by atoms with Crippen molar-refractivity contribution in [1.82, 2.24) is 0 Å². The van der Waals surface area contributed by atoms with E-state index < -0.39 is 5.97 Å². The zero-order valence-corrected chi connectivity index (χ0v) is 16.4. The van der Waals surface area contributed by atoms with E-state index in [0.717, 1.165) is 11.1 Å². The molecule has 0 radical (unpaired) electrons. The van der Waals surface area contributed by atoms with Gasteiger partial charge in [0.1, 0.15) is 12.4 Å². The first-order valence-corrected chi connectivity index (χ1v) is 9.09. The molecule has 0 bridgehead atoms. The van der Waals surface area contributed by atoms with Crippen LogP contribution >= 0.6 is 15.9 Å². The Labute approximate surface area is 164 Å². The number of oxime groups is 1. The van der Waals surface area contributed by atoms with E-state index in [9.17, 15) is 9.18 Å². The fraction of sp³-hybridized carbons (Fsp3) is 0.200.